The monoisotopic (exact) mass is 327 g/mol. The average molecular weight is 327 g/mol. The molecule has 8 heteroatoms. The highest BCUT2D eigenvalue weighted by Gasteiger charge is 2.11. The third-order valence-electron chi connectivity index (χ3n) is 3.03. The van der Waals surface area contributed by atoms with E-state index in [0.29, 0.717) is 12.2 Å². The summed E-state index contributed by atoms with van der Waals surface area (Å²) in [4.78, 5) is 38.5. The van der Waals surface area contributed by atoms with Crippen LogP contribution >= 0.6 is 0 Å². The van der Waals surface area contributed by atoms with Gasteiger partial charge < -0.3 is 16.4 Å². The van der Waals surface area contributed by atoms with Gasteiger partial charge in [-0.2, -0.15) is 0 Å². The van der Waals surface area contributed by atoms with E-state index in [0.717, 1.165) is 5.56 Å². The predicted molar refractivity (Wildman–Crippen MR) is 88.1 cm³/mol. The summed E-state index contributed by atoms with van der Waals surface area (Å²) < 4.78 is 0. The topological polar surface area (TPSA) is 126 Å². The van der Waals surface area contributed by atoms with Gasteiger partial charge in [-0.1, -0.05) is 30.3 Å². The number of imide groups is 1. The maximum atomic E-state index is 11.7. The summed E-state index contributed by atoms with van der Waals surface area (Å²) in [5.41, 5.74) is 6.46. The number of urea groups is 1. The van der Waals surface area contributed by atoms with Crippen LogP contribution in [0.5, 0.6) is 0 Å². The van der Waals surface area contributed by atoms with Gasteiger partial charge in [0.2, 0.25) is 5.91 Å². The number of carbonyl (C=O) groups excluding carboxylic acids is 3. The van der Waals surface area contributed by atoms with Crippen LogP contribution in [-0.4, -0.2) is 29.4 Å². The fraction of sp³-hybridized carbons (Fsp3) is 0.125. The largest absolute Gasteiger partial charge is 0.374 e. The Hall–Kier alpha value is -3.42. The van der Waals surface area contributed by atoms with Crippen molar-refractivity contribution in [3.8, 4) is 0 Å². The molecule has 8 nitrogen and oxygen atoms in total. The molecule has 0 aliphatic rings. The minimum Gasteiger partial charge on any atom is -0.374 e. The lowest BCUT2D eigenvalue weighted by Gasteiger charge is -2.10. The number of amides is 4. The summed E-state index contributed by atoms with van der Waals surface area (Å²) in [7, 11) is 0. The second-order valence-corrected chi connectivity index (χ2v) is 4.83. The van der Waals surface area contributed by atoms with Crippen LogP contribution in [0.4, 0.5) is 10.5 Å². The van der Waals surface area contributed by atoms with E-state index in [4.69, 9.17) is 5.73 Å². The number of carbonyl (C=O) groups is 3. The molecule has 0 radical (unpaired) electrons. The van der Waals surface area contributed by atoms with Gasteiger partial charge in [-0.3, -0.25) is 14.9 Å². The van der Waals surface area contributed by atoms with Gasteiger partial charge in [-0.15, -0.1) is 0 Å². The number of pyridine rings is 1. The highest BCUT2D eigenvalue weighted by Crippen LogP contribution is 2.10. The van der Waals surface area contributed by atoms with Gasteiger partial charge in [0.05, 0.1) is 12.2 Å². The maximum absolute atomic E-state index is 11.7. The first-order valence-corrected chi connectivity index (χ1v) is 7.16. The molecule has 0 spiro atoms. The molecule has 0 aliphatic carbocycles. The van der Waals surface area contributed by atoms with Gasteiger partial charge in [0.15, 0.2) is 5.69 Å². The molecule has 1 aromatic carbocycles. The highest BCUT2D eigenvalue weighted by atomic mass is 16.2. The van der Waals surface area contributed by atoms with Crippen LogP contribution in [0.3, 0.4) is 0 Å². The zero-order valence-electron chi connectivity index (χ0n) is 12.8. The second-order valence-electron chi connectivity index (χ2n) is 4.83. The number of hydrogen-bond acceptors (Lipinski definition) is 5. The average Bonchev–Trinajstić information content (AvgIpc) is 2.59. The van der Waals surface area contributed by atoms with Crippen molar-refractivity contribution in [1.29, 1.82) is 0 Å². The highest BCUT2D eigenvalue weighted by molar-refractivity contribution is 5.98. The van der Waals surface area contributed by atoms with Crippen LogP contribution in [0.1, 0.15) is 16.1 Å². The Morgan fingerprint density at radius 2 is 1.79 bits per heavy atom. The number of anilines is 1. The first kappa shape index (κ1) is 16.9. The van der Waals surface area contributed by atoms with Crippen LogP contribution in [0.25, 0.3) is 0 Å². The van der Waals surface area contributed by atoms with Crippen molar-refractivity contribution in [3.63, 3.8) is 0 Å². The molecule has 0 unspecified atom stereocenters. The van der Waals surface area contributed by atoms with Crippen molar-refractivity contribution in [2.45, 2.75) is 6.54 Å². The first-order chi connectivity index (χ1) is 11.6. The Labute approximate surface area is 138 Å². The summed E-state index contributed by atoms with van der Waals surface area (Å²) in [5, 5.41) is 7.47. The molecule has 24 heavy (non-hydrogen) atoms. The standard InChI is InChI=1S/C16H17N5O3/c17-15(23)14-12(7-4-8-18-14)19-10-13(22)21-16(24)20-9-11-5-2-1-3-6-11/h1-8,19H,9-10H2,(H2,17,23)(H2,20,21,22,24). The molecule has 2 rings (SSSR count). The molecule has 0 saturated carbocycles. The zero-order chi connectivity index (χ0) is 17.4. The zero-order valence-corrected chi connectivity index (χ0v) is 12.8. The molecule has 0 aliphatic heterocycles. The van der Waals surface area contributed by atoms with E-state index in [9.17, 15) is 14.4 Å². The molecule has 2 aromatic rings. The van der Waals surface area contributed by atoms with E-state index in [-0.39, 0.29) is 12.2 Å². The molecule has 0 bridgehead atoms. The lowest BCUT2D eigenvalue weighted by Crippen LogP contribution is -2.41. The van der Waals surface area contributed by atoms with Gasteiger partial charge in [0, 0.05) is 12.7 Å². The fourth-order valence-electron chi connectivity index (χ4n) is 1.91. The van der Waals surface area contributed by atoms with Gasteiger partial charge in [0.1, 0.15) is 0 Å². The number of primary amides is 1. The molecule has 1 aromatic heterocycles. The van der Waals surface area contributed by atoms with E-state index in [1.54, 1.807) is 12.1 Å². The molecule has 0 atom stereocenters. The number of hydrogen-bond donors (Lipinski definition) is 4. The van der Waals surface area contributed by atoms with Crippen molar-refractivity contribution in [1.82, 2.24) is 15.6 Å². The first-order valence-electron chi connectivity index (χ1n) is 7.16. The van der Waals surface area contributed by atoms with Crippen LogP contribution < -0.4 is 21.7 Å². The Morgan fingerprint density at radius 3 is 2.50 bits per heavy atom. The van der Waals surface area contributed by atoms with Gasteiger partial charge in [0.25, 0.3) is 5.91 Å². The minimum absolute atomic E-state index is 0.0267. The number of nitrogens with two attached hydrogens (primary N) is 1. The fourth-order valence-corrected chi connectivity index (χ4v) is 1.91. The van der Waals surface area contributed by atoms with Gasteiger partial charge in [-0.05, 0) is 17.7 Å². The second kappa shape index (κ2) is 8.28. The molecule has 0 fully saturated rings. The van der Waals surface area contributed by atoms with Crippen molar-refractivity contribution < 1.29 is 14.4 Å². The van der Waals surface area contributed by atoms with E-state index in [2.05, 4.69) is 20.9 Å². The van der Waals surface area contributed by atoms with Gasteiger partial charge >= 0.3 is 6.03 Å². The van der Waals surface area contributed by atoms with Crippen LogP contribution in [0.2, 0.25) is 0 Å². The van der Waals surface area contributed by atoms with Crippen molar-refractivity contribution in [2.24, 2.45) is 5.73 Å². The molecule has 0 saturated heterocycles. The van der Waals surface area contributed by atoms with E-state index >= 15 is 0 Å². The summed E-state index contributed by atoms with van der Waals surface area (Å²) >= 11 is 0. The molecule has 5 N–H and O–H groups in total. The summed E-state index contributed by atoms with van der Waals surface area (Å²) in [6.07, 6.45) is 1.42. The van der Waals surface area contributed by atoms with E-state index in [1.165, 1.54) is 6.20 Å². The molecular weight excluding hydrogens is 310 g/mol. The summed E-state index contributed by atoms with van der Waals surface area (Å²) in [6.45, 7) is 0.104. The molecule has 4 amide bonds. The number of aromatic nitrogens is 1. The Kier molecular flexibility index (Phi) is 5.84. The van der Waals surface area contributed by atoms with E-state index < -0.39 is 17.8 Å². The Bertz CT molecular complexity index is 734. The molecular formula is C16H17N5O3. The third-order valence-corrected chi connectivity index (χ3v) is 3.03. The van der Waals surface area contributed by atoms with Crippen LogP contribution in [-0.2, 0) is 11.3 Å². The minimum atomic E-state index is -0.709. The lowest BCUT2D eigenvalue weighted by atomic mass is 10.2. The van der Waals surface area contributed by atoms with Gasteiger partial charge in [-0.25, -0.2) is 9.78 Å². The third kappa shape index (κ3) is 5.09. The smallest absolute Gasteiger partial charge is 0.321 e. The number of benzene rings is 1. The van der Waals surface area contributed by atoms with Crippen molar-refractivity contribution in [2.75, 3.05) is 11.9 Å². The lowest BCUT2D eigenvalue weighted by molar-refractivity contribution is -0.118. The Morgan fingerprint density at radius 1 is 1.04 bits per heavy atom. The Balaban J connectivity index is 1.79. The van der Waals surface area contributed by atoms with Crippen molar-refractivity contribution in [3.05, 3.63) is 59.9 Å². The predicted octanol–water partition coefficient (Wildman–Crippen LogP) is 0.618. The maximum Gasteiger partial charge on any atom is 0.321 e. The van der Waals surface area contributed by atoms with Crippen molar-refractivity contribution >= 4 is 23.5 Å². The number of nitrogens with zero attached hydrogens (tertiary/aromatic N) is 1. The number of nitrogens with one attached hydrogen (secondary N) is 3. The molecule has 1 heterocycles. The normalized spacial score (nSPS) is 9.83. The van der Waals surface area contributed by atoms with E-state index in [1.807, 2.05) is 30.3 Å². The van der Waals surface area contributed by atoms with Crippen LogP contribution in [0, 0.1) is 0 Å². The number of rotatable bonds is 6. The molecule has 124 valence electrons. The quantitative estimate of drug-likeness (QED) is 0.618. The summed E-state index contributed by atoms with van der Waals surface area (Å²) in [5.74, 6) is -1.26. The SMILES string of the molecule is NC(=O)c1ncccc1NCC(=O)NC(=O)NCc1ccccc1. The van der Waals surface area contributed by atoms with Crippen LogP contribution in [0.15, 0.2) is 48.7 Å². The summed E-state index contributed by atoms with van der Waals surface area (Å²) in [6, 6.07) is 11.9.